The predicted molar refractivity (Wildman–Crippen MR) is 120 cm³/mol. The van der Waals surface area contributed by atoms with Crippen LogP contribution in [0.4, 0.5) is 5.69 Å². The average Bonchev–Trinajstić information content (AvgIpc) is 2.77. The van der Waals surface area contributed by atoms with Crippen LogP contribution in [0.5, 0.6) is 0 Å². The number of benzene rings is 3. The Morgan fingerprint density at radius 3 is 1.78 bits per heavy atom. The highest BCUT2D eigenvalue weighted by atomic mass is 32.2. The Morgan fingerprint density at radius 2 is 1.28 bits per heavy atom. The summed E-state index contributed by atoms with van der Waals surface area (Å²) in [6.45, 7) is 3.66. The molecule has 1 atom stereocenters. The van der Waals surface area contributed by atoms with Gasteiger partial charge in [-0.3, -0.25) is 19.7 Å². The molecule has 7 nitrogen and oxygen atoms in total. The maximum Gasteiger partial charge on any atom is 0.269 e. The van der Waals surface area contributed by atoms with Crippen molar-refractivity contribution in [3.8, 4) is 0 Å². The molecule has 3 aromatic carbocycles. The van der Waals surface area contributed by atoms with Gasteiger partial charge in [0.15, 0.2) is 21.4 Å². The molecule has 3 aromatic rings. The summed E-state index contributed by atoms with van der Waals surface area (Å²) < 4.78 is 26.7. The fourth-order valence-electron chi connectivity index (χ4n) is 3.19. The van der Waals surface area contributed by atoms with E-state index in [4.69, 9.17) is 0 Å². The van der Waals surface area contributed by atoms with Crippen LogP contribution in [-0.2, 0) is 9.84 Å². The molecular formula is C24H21NO6S. The number of ketones is 2. The zero-order valence-corrected chi connectivity index (χ0v) is 18.3. The van der Waals surface area contributed by atoms with E-state index in [-0.39, 0.29) is 16.1 Å². The molecule has 0 radical (unpaired) electrons. The quantitative estimate of drug-likeness (QED) is 0.283. The van der Waals surface area contributed by atoms with E-state index in [1.165, 1.54) is 24.3 Å². The van der Waals surface area contributed by atoms with E-state index >= 15 is 0 Å². The predicted octanol–water partition coefficient (Wildman–Crippen LogP) is 4.51. The third kappa shape index (κ3) is 4.97. The number of hydrogen-bond donors (Lipinski definition) is 0. The van der Waals surface area contributed by atoms with Gasteiger partial charge in [0.25, 0.3) is 5.69 Å². The second kappa shape index (κ2) is 9.23. The first-order valence-electron chi connectivity index (χ1n) is 9.78. The van der Waals surface area contributed by atoms with E-state index < -0.39 is 38.0 Å². The van der Waals surface area contributed by atoms with E-state index in [1.807, 2.05) is 6.92 Å². The molecular weight excluding hydrogens is 430 g/mol. The molecule has 0 unspecified atom stereocenters. The summed E-state index contributed by atoms with van der Waals surface area (Å²) in [5.74, 6) is -1.28. The van der Waals surface area contributed by atoms with Crippen LogP contribution in [0, 0.1) is 24.0 Å². The van der Waals surface area contributed by atoms with Crippen LogP contribution < -0.4 is 0 Å². The highest BCUT2D eigenvalue weighted by molar-refractivity contribution is 7.92. The van der Waals surface area contributed by atoms with Crippen LogP contribution in [0.2, 0.25) is 0 Å². The second-order valence-corrected chi connectivity index (χ2v) is 9.64. The topological polar surface area (TPSA) is 111 Å². The number of nitrogens with zero attached hydrogens (tertiary/aromatic N) is 1. The fourth-order valence-corrected chi connectivity index (χ4v) is 4.83. The molecule has 3 rings (SSSR count). The van der Waals surface area contributed by atoms with Gasteiger partial charge in [0.05, 0.1) is 9.82 Å². The van der Waals surface area contributed by atoms with Crippen molar-refractivity contribution in [1.29, 1.82) is 0 Å². The summed E-state index contributed by atoms with van der Waals surface area (Å²) in [5, 5.41) is 9.23. The summed E-state index contributed by atoms with van der Waals surface area (Å²) in [5.41, 5.74) is 1.84. The molecule has 0 fully saturated rings. The van der Waals surface area contributed by atoms with Gasteiger partial charge < -0.3 is 0 Å². The summed E-state index contributed by atoms with van der Waals surface area (Å²) in [7, 11) is -4.21. The number of aryl methyl sites for hydroxylation is 2. The van der Waals surface area contributed by atoms with Crippen molar-refractivity contribution in [1.82, 2.24) is 0 Å². The Kier molecular flexibility index (Phi) is 6.64. The molecule has 0 heterocycles. The number of carbonyl (C=O) groups is 2. The normalized spacial score (nSPS) is 12.2. The first-order chi connectivity index (χ1) is 15.1. The second-order valence-electron chi connectivity index (χ2n) is 7.51. The number of nitro groups is 1. The van der Waals surface area contributed by atoms with E-state index in [0.29, 0.717) is 5.56 Å². The minimum absolute atomic E-state index is 0.0204. The van der Waals surface area contributed by atoms with E-state index in [2.05, 4.69) is 0 Å². The van der Waals surface area contributed by atoms with Crippen LogP contribution >= 0.6 is 0 Å². The van der Waals surface area contributed by atoms with Crippen molar-refractivity contribution in [3.63, 3.8) is 0 Å². The molecule has 32 heavy (non-hydrogen) atoms. The van der Waals surface area contributed by atoms with Gasteiger partial charge in [-0.25, -0.2) is 8.42 Å². The van der Waals surface area contributed by atoms with Gasteiger partial charge in [0.2, 0.25) is 0 Å². The Balaban J connectivity index is 2.02. The van der Waals surface area contributed by atoms with Gasteiger partial charge in [-0.2, -0.15) is 0 Å². The molecule has 0 spiro atoms. The van der Waals surface area contributed by atoms with Crippen molar-refractivity contribution >= 4 is 27.1 Å². The third-order valence-corrected chi connectivity index (χ3v) is 7.18. The van der Waals surface area contributed by atoms with Crippen molar-refractivity contribution < 1.29 is 22.9 Å². The minimum Gasteiger partial charge on any atom is -0.294 e. The Morgan fingerprint density at radius 1 is 0.812 bits per heavy atom. The molecule has 8 heteroatoms. The largest absolute Gasteiger partial charge is 0.294 e. The van der Waals surface area contributed by atoms with Crippen LogP contribution in [-0.4, -0.2) is 30.2 Å². The maximum absolute atomic E-state index is 13.4. The van der Waals surface area contributed by atoms with Crippen LogP contribution in [0.1, 0.15) is 38.3 Å². The van der Waals surface area contributed by atoms with Crippen molar-refractivity contribution in [3.05, 3.63) is 105 Å². The highest BCUT2D eigenvalue weighted by Crippen LogP contribution is 2.25. The SMILES string of the molecule is Cc1ccc(C(=O)C[C@@H](C(=O)c2ccc([N+](=O)[O-])cc2)S(=O)(=O)c2ccc(C)cc2)cc1. The average molecular weight is 452 g/mol. The number of sulfone groups is 1. The van der Waals surface area contributed by atoms with E-state index in [9.17, 15) is 28.1 Å². The van der Waals surface area contributed by atoms with Crippen molar-refractivity contribution in [2.45, 2.75) is 30.4 Å². The number of carbonyl (C=O) groups excluding carboxylic acids is 2. The van der Waals surface area contributed by atoms with Gasteiger partial charge in [0.1, 0.15) is 5.25 Å². The van der Waals surface area contributed by atoms with Crippen molar-refractivity contribution in [2.75, 3.05) is 0 Å². The molecule has 0 saturated heterocycles. The molecule has 0 aliphatic rings. The highest BCUT2D eigenvalue weighted by Gasteiger charge is 2.36. The van der Waals surface area contributed by atoms with Crippen molar-refractivity contribution in [2.24, 2.45) is 0 Å². The first kappa shape index (κ1) is 23.0. The molecule has 164 valence electrons. The molecule has 0 aliphatic heterocycles. The molecule has 0 aliphatic carbocycles. The standard InChI is InChI=1S/C24H21NO6S/c1-16-3-7-18(8-4-16)22(26)15-23(32(30,31)21-13-5-17(2)6-14-21)24(27)19-9-11-20(12-10-19)25(28)29/h3-14,23H,15H2,1-2H3/t23-/m0/s1. The number of Topliss-reactive ketones (excluding diaryl/α,β-unsaturated/α-hetero) is 2. The zero-order valence-electron chi connectivity index (χ0n) is 17.5. The minimum atomic E-state index is -4.21. The van der Waals surface area contributed by atoms with Crippen LogP contribution in [0.3, 0.4) is 0 Å². The van der Waals surface area contributed by atoms with Gasteiger partial charge >= 0.3 is 0 Å². The Hall–Kier alpha value is -3.65. The molecule has 0 aromatic heterocycles. The number of rotatable bonds is 8. The van der Waals surface area contributed by atoms with E-state index in [1.54, 1.807) is 43.3 Å². The molecule has 0 N–H and O–H groups in total. The van der Waals surface area contributed by atoms with Gasteiger partial charge in [-0.15, -0.1) is 0 Å². The first-order valence-corrected chi connectivity index (χ1v) is 11.3. The molecule has 0 bridgehead atoms. The number of non-ortho nitro benzene ring substituents is 1. The Bertz CT molecular complexity index is 1260. The van der Waals surface area contributed by atoms with E-state index in [0.717, 1.165) is 23.3 Å². The summed E-state index contributed by atoms with van der Waals surface area (Å²) in [4.78, 5) is 36.3. The fraction of sp³-hybridized carbons (Fsp3) is 0.167. The smallest absolute Gasteiger partial charge is 0.269 e. The molecule has 0 amide bonds. The number of nitro benzene ring substituents is 1. The monoisotopic (exact) mass is 451 g/mol. The Labute approximate surface area is 185 Å². The lowest BCUT2D eigenvalue weighted by molar-refractivity contribution is -0.384. The van der Waals surface area contributed by atoms with Gasteiger partial charge in [-0.1, -0.05) is 47.5 Å². The lowest BCUT2D eigenvalue weighted by atomic mass is 10.0. The maximum atomic E-state index is 13.4. The summed E-state index contributed by atoms with van der Waals surface area (Å²) in [6.07, 6.45) is -0.547. The lowest BCUT2D eigenvalue weighted by Crippen LogP contribution is -2.33. The van der Waals surface area contributed by atoms with Crippen LogP contribution in [0.25, 0.3) is 0 Å². The number of hydrogen-bond acceptors (Lipinski definition) is 6. The molecule has 0 saturated carbocycles. The summed E-state index contributed by atoms with van der Waals surface area (Å²) >= 11 is 0. The summed E-state index contributed by atoms with van der Waals surface area (Å²) in [6, 6.07) is 17.3. The van der Waals surface area contributed by atoms with Gasteiger partial charge in [0, 0.05) is 29.7 Å². The third-order valence-electron chi connectivity index (χ3n) is 5.12. The van der Waals surface area contributed by atoms with Gasteiger partial charge in [-0.05, 0) is 38.1 Å². The van der Waals surface area contributed by atoms with Crippen LogP contribution in [0.15, 0.2) is 77.7 Å². The zero-order chi connectivity index (χ0) is 23.5. The lowest BCUT2D eigenvalue weighted by Gasteiger charge is -2.17.